The summed E-state index contributed by atoms with van der Waals surface area (Å²) in [5, 5.41) is 9.33. The number of fused-ring (bicyclic) bond motifs is 1. The highest BCUT2D eigenvalue weighted by atomic mass is 32.2. The van der Waals surface area contributed by atoms with Gasteiger partial charge in [0.25, 0.3) is 0 Å². The summed E-state index contributed by atoms with van der Waals surface area (Å²) in [4.78, 5) is 30.9. The van der Waals surface area contributed by atoms with Gasteiger partial charge in [0.1, 0.15) is 28.1 Å². The van der Waals surface area contributed by atoms with E-state index in [0.29, 0.717) is 24.0 Å². The molecule has 10 nitrogen and oxygen atoms in total. The number of pyridine rings is 1. The first-order chi connectivity index (χ1) is 21.1. The second kappa shape index (κ2) is 12.7. The van der Waals surface area contributed by atoms with E-state index in [1.807, 2.05) is 45.9 Å². The molecule has 5 aromatic rings. The third-order valence-corrected chi connectivity index (χ3v) is 9.37. The third-order valence-electron chi connectivity index (χ3n) is 6.73. The Labute approximate surface area is 267 Å². The lowest BCUT2D eigenvalue weighted by Crippen LogP contribution is -2.41. The van der Waals surface area contributed by atoms with E-state index in [2.05, 4.69) is 19.8 Å². The van der Waals surface area contributed by atoms with E-state index >= 15 is 0 Å². The summed E-state index contributed by atoms with van der Waals surface area (Å²) in [6, 6.07) is 12.3. The molecule has 1 aromatic carbocycles. The number of carbonyl (C=O) groups excluding carboxylic acids is 1. The first-order valence-electron chi connectivity index (χ1n) is 14.1. The van der Waals surface area contributed by atoms with Crippen LogP contribution in [0.15, 0.2) is 74.6 Å². The summed E-state index contributed by atoms with van der Waals surface area (Å²) in [5.74, 6) is 1.26. The van der Waals surface area contributed by atoms with Gasteiger partial charge in [-0.15, -0.1) is 0 Å². The first kappa shape index (κ1) is 30.3. The molecule has 1 saturated heterocycles. The number of hydrogen-bond donors (Lipinski definition) is 1. The number of halogens is 1. The van der Waals surface area contributed by atoms with Crippen molar-refractivity contribution in [2.24, 2.45) is 0 Å². The minimum atomic E-state index is -0.520. The molecule has 0 radical (unpaired) electrons. The number of benzene rings is 1. The summed E-state index contributed by atoms with van der Waals surface area (Å²) in [6.45, 7) is 8.77. The lowest BCUT2D eigenvalue weighted by molar-refractivity contribution is 0.0203. The molecule has 1 N–H and O–H groups in total. The number of amides is 1. The van der Waals surface area contributed by atoms with Crippen molar-refractivity contribution in [2.75, 3.05) is 18.4 Å². The largest absolute Gasteiger partial charge is 0.444 e. The Morgan fingerprint density at radius 1 is 1.07 bits per heavy atom. The van der Waals surface area contributed by atoms with Crippen LogP contribution in [0, 0.1) is 12.7 Å². The quantitative estimate of drug-likeness (QED) is 0.177. The van der Waals surface area contributed by atoms with Crippen molar-refractivity contribution in [1.82, 2.24) is 33.8 Å². The van der Waals surface area contributed by atoms with Gasteiger partial charge in [0.15, 0.2) is 5.65 Å². The average molecular weight is 651 g/mol. The van der Waals surface area contributed by atoms with Crippen LogP contribution < -0.4 is 5.32 Å². The molecule has 0 atom stereocenters. The van der Waals surface area contributed by atoms with Gasteiger partial charge in [-0.2, -0.15) is 9.47 Å². The minimum Gasteiger partial charge on any atom is -0.444 e. The number of ether oxygens (including phenoxy) is 1. The number of anilines is 2. The number of hydrogen-bond acceptors (Lipinski definition) is 11. The monoisotopic (exact) mass is 650 g/mol. The van der Waals surface area contributed by atoms with E-state index in [4.69, 9.17) is 14.7 Å². The summed E-state index contributed by atoms with van der Waals surface area (Å²) in [6.07, 6.45) is 4.79. The Morgan fingerprint density at radius 2 is 1.84 bits per heavy atom. The van der Waals surface area contributed by atoms with Crippen LogP contribution in [0.3, 0.4) is 0 Å². The van der Waals surface area contributed by atoms with Gasteiger partial charge in [0.2, 0.25) is 5.13 Å². The van der Waals surface area contributed by atoms with Gasteiger partial charge in [-0.3, -0.25) is 0 Å². The van der Waals surface area contributed by atoms with Gasteiger partial charge >= 0.3 is 6.09 Å². The molecule has 0 saturated carbocycles. The van der Waals surface area contributed by atoms with Crippen molar-refractivity contribution < 1.29 is 13.9 Å². The zero-order valence-electron chi connectivity index (χ0n) is 24.7. The van der Waals surface area contributed by atoms with Crippen LogP contribution in [0.1, 0.15) is 51.0 Å². The maximum absolute atomic E-state index is 13.6. The van der Waals surface area contributed by atoms with E-state index in [-0.39, 0.29) is 17.8 Å². The molecule has 0 spiro atoms. The highest BCUT2D eigenvalue weighted by Crippen LogP contribution is 2.39. The van der Waals surface area contributed by atoms with Crippen molar-refractivity contribution in [2.45, 2.75) is 71.8 Å². The van der Waals surface area contributed by atoms with Gasteiger partial charge < -0.3 is 15.0 Å². The van der Waals surface area contributed by atoms with E-state index < -0.39 is 5.60 Å². The van der Waals surface area contributed by atoms with Crippen LogP contribution in [0.4, 0.5) is 20.1 Å². The van der Waals surface area contributed by atoms with Gasteiger partial charge in [-0.25, -0.2) is 28.7 Å². The van der Waals surface area contributed by atoms with Crippen LogP contribution in [0.5, 0.6) is 0 Å². The van der Waals surface area contributed by atoms with Gasteiger partial charge in [-0.1, -0.05) is 23.5 Å². The SMILES string of the molecule is Cc1cc(Sc2cnc(Nc3nc(C4CCN(C(=O)OC(C)(C)C)CC4)ns3)c(Sc3ccc(F)cc3)c2)n2nccc2n1. The number of aryl methyl sites for hydroxylation is 1. The Hall–Kier alpha value is -3.75. The minimum absolute atomic E-state index is 0.156. The van der Waals surface area contributed by atoms with E-state index in [1.165, 1.54) is 35.4 Å². The van der Waals surface area contributed by atoms with Crippen LogP contribution in [0.2, 0.25) is 0 Å². The summed E-state index contributed by atoms with van der Waals surface area (Å²) >= 11 is 4.31. The zero-order valence-corrected chi connectivity index (χ0v) is 27.1. The number of nitrogens with zero attached hydrogens (tertiary/aromatic N) is 7. The number of piperidine rings is 1. The molecule has 14 heteroatoms. The van der Waals surface area contributed by atoms with Crippen molar-refractivity contribution >= 4 is 57.7 Å². The van der Waals surface area contributed by atoms with Crippen LogP contribution in [-0.2, 0) is 4.74 Å². The molecular formula is C30H31FN8O2S3. The Balaban J connectivity index is 1.20. The summed E-state index contributed by atoms with van der Waals surface area (Å²) in [7, 11) is 0. The third kappa shape index (κ3) is 7.30. The summed E-state index contributed by atoms with van der Waals surface area (Å²) < 4.78 is 25.6. The van der Waals surface area contributed by atoms with Crippen LogP contribution in [-0.4, -0.2) is 58.6 Å². The number of nitrogens with one attached hydrogen (secondary N) is 1. The number of likely N-dealkylation sites (tertiary alicyclic amines) is 1. The molecule has 1 fully saturated rings. The molecule has 6 rings (SSSR count). The van der Waals surface area contributed by atoms with Gasteiger partial charge in [-0.05, 0) is 76.9 Å². The molecule has 1 amide bonds. The molecule has 0 unspecified atom stereocenters. The van der Waals surface area contributed by atoms with Crippen molar-refractivity contribution in [1.29, 1.82) is 0 Å². The fourth-order valence-electron chi connectivity index (χ4n) is 4.68. The lowest BCUT2D eigenvalue weighted by Gasteiger charge is -2.32. The Morgan fingerprint density at radius 3 is 2.59 bits per heavy atom. The Kier molecular flexibility index (Phi) is 8.74. The second-order valence-electron chi connectivity index (χ2n) is 11.3. The Bertz CT molecular complexity index is 1780. The molecule has 0 bridgehead atoms. The lowest BCUT2D eigenvalue weighted by atomic mass is 9.96. The number of carbonyl (C=O) groups is 1. The maximum atomic E-state index is 13.6. The van der Waals surface area contributed by atoms with E-state index in [0.717, 1.165) is 49.7 Å². The predicted octanol–water partition coefficient (Wildman–Crippen LogP) is 7.58. The first-order valence-corrected chi connectivity index (χ1v) is 16.5. The molecule has 0 aliphatic carbocycles. The van der Waals surface area contributed by atoms with E-state index in [1.54, 1.807) is 45.7 Å². The molecule has 44 heavy (non-hydrogen) atoms. The fourth-order valence-corrected chi connectivity index (χ4v) is 7.29. The summed E-state index contributed by atoms with van der Waals surface area (Å²) in [5.41, 5.74) is 1.16. The number of rotatable bonds is 7. The fraction of sp³-hybridized carbons (Fsp3) is 0.333. The van der Waals surface area contributed by atoms with Crippen molar-refractivity contribution in [3.05, 3.63) is 72.2 Å². The van der Waals surface area contributed by atoms with Crippen molar-refractivity contribution in [3.63, 3.8) is 0 Å². The topological polar surface area (TPSA) is 110 Å². The maximum Gasteiger partial charge on any atom is 0.410 e. The molecular weight excluding hydrogens is 620 g/mol. The molecule has 1 aliphatic heterocycles. The average Bonchev–Trinajstić information content (AvgIpc) is 3.65. The highest BCUT2D eigenvalue weighted by molar-refractivity contribution is 8.00. The van der Waals surface area contributed by atoms with Gasteiger partial charge in [0.05, 0.1) is 11.1 Å². The predicted molar refractivity (Wildman–Crippen MR) is 170 cm³/mol. The highest BCUT2D eigenvalue weighted by Gasteiger charge is 2.29. The van der Waals surface area contributed by atoms with Crippen LogP contribution in [0.25, 0.3) is 5.65 Å². The van der Waals surface area contributed by atoms with Crippen molar-refractivity contribution in [3.8, 4) is 0 Å². The van der Waals surface area contributed by atoms with Crippen LogP contribution >= 0.6 is 35.1 Å². The molecule has 5 heterocycles. The van der Waals surface area contributed by atoms with E-state index in [9.17, 15) is 9.18 Å². The second-order valence-corrected chi connectivity index (χ2v) is 14.3. The molecule has 1 aliphatic rings. The number of aromatic nitrogens is 6. The zero-order chi connectivity index (χ0) is 30.8. The molecule has 228 valence electrons. The smallest absolute Gasteiger partial charge is 0.410 e. The van der Waals surface area contributed by atoms with Gasteiger partial charge in [0, 0.05) is 58.3 Å². The standard InChI is InChI=1S/C30H31FN8O2S3/c1-18-15-25(39-24(34-18)9-12-33-39)43-22-16-23(42-21-7-5-20(31)6-8-21)27(32-17-22)36-28-35-26(37-44-28)19-10-13-38(14-11-19)29(40)41-30(2,3)4/h5-9,12,15-17,19H,10-11,13-14H2,1-4H3,(H,32,35,36,37). The molecule has 4 aromatic heterocycles. The normalized spacial score (nSPS) is 14.2.